The fourth-order valence-corrected chi connectivity index (χ4v) is 3.27. The number of benzene rings is 2. The first kappa shape index (κ1) is 17.6. The van der Waals surface area contributed by atoms with Crippen molar-refractivity contribution >= 4 is 23.2 Å². The van der Waals surface area contributed by atoms with Gasteiger partial charge < -0.3 is 19.5 Å². The minimum atomic E-state index is -0.598. The summed E-state index contributed by atoms with van der Waals surface area (Å²) in [5.41, 5.74) is 2.25. The Hall–Kier alpha value is -2.24. The number of aliphatic hydroxyl groups is 1. The van der Waals surface area contributed by atoms with E-state index in [2.05, 4.69) is 0 Å². The Bertz CT molecular complexity index is 793. The van der Waals surface area contributed by atoms with Crippen molar-refractivity contribution < 1.29 is 19.4 Å². The highest BCUT2D eigenvalue weighted by molar-refractivity contribution is 6.30. The first-order valence-electron chi connectivity index (χ1n) is 8.02. The second-order valence-electron chi connectivity index (χ2n) is 5.92. The molecule has 0 bridgehead atoms. The van der Waals surface area contributed by atoms with E-state index >= 15 is 0 Å². The highest BCUT2D eigenvalue weighted by Gasteiger charge is 2.27. The zero-order valence-corrected chi connectivity index (χ0v) is 14.9. The molecule has 2 aromatic carbocycles. The van der Waals surface area contributed by atoms with Gasteiger partial charge in [0, 0.05) is 22.8 Å². The van der Waals surface area contributed by atoms with E-state index < -0.39 is 6.10 Å². The Labute approximate surface area is 151 Å². The van der Waals surface area contributed by atoms with Crippen LogP contribution in [0.25, 0.3) is 0 Å². The number of hydrogen-bond acceptors (Lipinski definition) is 4. The Balaban J connectivity index is 1.84. The number of carbonyl (C=O) groups is 1. The number of nitrogens with zero attached hydrogens (tertiary/aromatic N) is 1. The molecule has 132 valence electrons. The van der Waals surface area contributed by atoms with Crippen molar-refractivity contribution in [3.05, 3.63) is 52.5 Å². The highest BCUT2D eigenvalue weighted by atomic mass is 35.5. The molecule has 3 rings (SSSR count). The molecule has 1 heterocycles. The average Bonchev–Trinajstić information content (AvgIpc) is 2.62. The lowest BCUT2D eigenvalue weighted by Gasteiger charge is -2.32. The summed E-state index contributed by atoms with van der Waals surface area (Å²) in [5.74, 6) is 1.18. The molecule has 6 heteroatoms. The standard InChI is InChI=1S/C19H20ClNO4/c1-24-17-6-3-12(9-18(17)25-2)10-19(23)21-8-7-16(22)14-11-13(20)4-5-15(14)21/h3-6,9,11,16,22H,7-8,10H2,1-2H3. The topological polar surface area (TPSA) is 59.0 Å². The van der Waals surface area contributed by atoms with E-state index in [0.717, 1.165) is 5.56 Å². The number of fused-ring (bicyclic) bond motifs is 1. The minimum Gasteiger partial charge on any atom is -0.493 e. The van der Waals surface area contributed by atoms with Crippen LogP contribution in [-0.2, 0) is 11.2 Å². The lowest BCUT2D eigenvalue weighted by atomic mass is 9.98. The molecule has 1 aliphatic rings. The molecule has 0 fully saturated rings. The fourth-order valence-electron chi connectivity index (χ4n) is 3.09. The van der Waals surface area contributed by atoms with Crippen LogP contribution in [0.1, 0.15) is 23.7 Å². The number of anilines is 1. The summed E-state index contributed by atoms with van der Waals surface area (Å²) in [4.78, 5) is 14.5. The smallest absolute Gasteiger partial charge is 0.231 e. The van der Waals surface area contributed by atoms with Crippen molar-refractivity contribution in [1.82, 2.24) is 0 Å². The molecule has 1 N–H and O–H groups in total. The maximum absolute atomic E-state index is 12.8. The molecule has 2 aromatic rings. The average molecular weight is 362 g/mol. The van der Waals surface area contributed by atoms with Gasteiger partial charge in [-0.15, -0.1) is 0 Å². The molecule has 1 aliphatic heterocycles. The maximum atomic E-state index is 12.8. The second kappa shape index (κ2) is 7.33. The van der Waals surface area contributed by atoms with Gasteiger partial charge in [-0.25, -0.2) is 0 Å². The van der Waals surface area contributed by atoms with Crippen LogP contribution in [0.4, 0.5) is 5.69 Å². The van der Waals surface area contributed by atoms with Crippen molar-refractivity contribution in [3.8, 4) is 11.5 Å². The molecule has 0 aromatic heterocycles. The van der Waals surface area contributed by atoms with Gasteiger partial charge in [-0.2, -0.15) is 0 Å². The zero-order chi connectivity index (χ0) is 18.0. The number of carbonyl (C=O) groups excluding carboxylic acids is 1. The van der Waals surface area contributed by atoms with E-state index in [1.54, 1.807) is 49.5 Å². The van der Waals surface area contributed by atoms with Gasteiger partial charge in [0.15, 0.2) is 11.5 Å². The van der Waals surface area contributed by atoms with Crippen LogP contribution in [-0.4, -0.2) is 31.8 Å². The van der Waals surface area contributed by atoms with E-state index in [9.17, 15) is 9.90 Å². The van der Waals surface area contributed by atoms with Gasteiger partial charge in [-0.05, 0) is 42.3 Å². The number of rotatable bonds is 4. The molecular weight excluding hydrogens is 342 g/mol. The molecule has 5 nitrogen and oxygen atoms in total. The van der Waals surface area contributed by atoms with Crippen molar-refractivity contribution in [3.63, 3.8) is 0 Å². The van der Waals surface area contributed by atoms with Crippen molar-refractivity contribution in [2.75, 3.05) is 25.7 Å². The predicted octanol–water partition coefficient (Wildman–Crippen LogP) is 3.37. The first-order valence-corrected chi connectivity index (χ1v) is 8.40. The number of ether oxygens (including phenoxy) is 2. The molecule has 1 atom stereocenters. The second-order valence-corrected chi connectivity index (χ2v) is 6.36. The SMILES string of the molecule is COc1ccc(CC(=O)N2CCC(O)c3cc(Cl)ccc32)cc1OC. The summed E-state index contributed by atoms with van der Waals surface area (Å²) >= 11 is 6.02. The summed E-state index contributed by atoms with van der Waals surface area (Å²) in [7, 11) is 3.14. The molecular formula is C19H20ClNO4. The van der Waals surface area contributed by atoms with E-state index in [1.807, 2.05) is 6.07 Å². The lowest BCUT2D eigenvalue weighted by Crippen LogP contribution is -2.37. The maximum Gasteiger partial charge on any atom is 0.231 e. The van der Waals surface area contributed by atoms with Crippen LogP contribution in [0, 0.1) is 0 Å². The molecule has 0 spiro atoms. The van der Waals surface area contributed by atoms with Gasteiger partial charge in [-0.3, -0.25) is 4.79 Å². The van der Waals surface area contributed by atoms with E-state index in [0.29, 0.717) is 40.7 Å². The fraction of sp³-hybridized carbons (Fsp3) is 0.316. The van der Waals surface area contributed by atoms with Gasteiger partial charge >= 0.3 is 0 Å². The monoisotopic (exact) mass is 361 g/mol. The molecule has 25 heavy (non-hydrogen) atoms. The number of hydrogen-bond donors (Lipinski definition) is 1. The molecule has 1 amide bonds. The summed E-state index contributed by atoms with van der Waals surface area (Å²) in [6.45, 7) is 0.474. The molecule has 0 radical (unpaired) electrons. The van der Waals surface area contributed by atoms with E-state index in [4.69, 9.17) is 21.1 Å². The van der Waals surface area contributed by atoms with Crippen LogP contribution in [0.3, 0.4) is 0 Å². The van der Waals surface area contributed by atoms with Crippen LogP contribution < -0.4 is 14.4 Å². The third-order valence-corrected chi connectivity index (χ3v) is 4.60. The summed E-state index contributed by atoms with van der Waals surface area (Å²) in [6, 6.07) is 10.7. The minimum absolute atomic E-state index is 0.0392. The van der Waals surface area contributed by atoms with Gasteiger partial charge in [0.25, 0.3) is 0 Å². The lowest BCUT2D eigenvalue weighted by molar-refractivity contribution is -0.118. The Kier molecular flexibility index (Phi) is 5.16. The summed E-state index contributed by atoms with van der Waals surface area (Å²) < 4.78 is 10.5. The van der Waals surface area contributed by atoms with Gasteiger partial charge in [0.2, 0.25) is 5.91 Å². The number of amides is 1. The van der Waals surface area contributed by atoms with Gasteiger partial charge in [0.1, 0.15) is 0 Å². The number of aliphatic hydroxyl groups excluding tert-OH is 1. The van der Waals surface area contributed by atoms with Crippen molar-refractivity contribution in [2.45, 2.75) is 18.9 Å². The van der Waals surface area contributed by atoms with Crippen LogP contribution in [0.15, 0.2) is 36.4 Å². The van der Waals surface area contributed by atoms with Crippen LogP contribution in [0.2, 0.25) is 5.02 Å². The largest absolute Gasteiger partial charge is 0.493 e. The van der Waals surface area contributed by atoms with Gasteiger partial charge in [0.05, 0.1) is 26.7 Å². The summed E-state index contributed by atoms with van der Waals surface area (Å²) in [5, 5.41) is 10.7. The quantitative estimate of drug-likeness (QED) is 0.907. The van der Waals surface area contributed by atoms with Crippen molar-refractivity contribution in [2.24, 2.45) is 0 Å². The Morgan fingerprint density at radius 3 is 2.68 bits per heavy atom. The normalized spacial score (nSPS) is 16.3. The Morgan fingerprint density at radius 2 is 1.96 bits per heavy atom. The molecule has 0 aliphatic carbocycles. The van der Waals surface area contributed by atoms with E-state index in [-0.39, 0.29) is 12.3 Å². The molecule has 1 unspecified atom stereocenters. The predicted molar refractivity (Wildman–Crippen MR) is 96.6 cm³/mol. The highest BCUT2D eigenvalue weighted by Crippen LogP contribution is 2.36. The molecule has 0 saturated carbocycles. The number of halogens is 1. The van der Waals surface area contributed by atoms with Gasteiger partial charge in [-0.1, -0.05) is 17.7 Å². The van der Waals surface area contributed by atoms with Crippen molar-refractivity contribution in [1.29, 1.82) is 0 Å². The third-order valence-electron chi connectivity index (χ3n) is 4.37. The molecule has 0 saturated heterocycles. The third kappa shape index (κ3) is 3.57. The van der Waals surface area contributed by atoms with E-state index in [1.165, 1.54) is 0 Å². The summed E-state index contributed by atoms with van der Waals surface area (Å²) in [6.07, 6.45) is 0.127. The Morgan fingerprint density at radius 1 is 1.20 bits per heavy atom. The van der Waals surface area contributed by atoms with Crippen LogP contribution >= 0.6 is 11.6 Å². The first-order chi connectivity index (χ1) is 12.0. The van der Waals surface area contributed by atoms with Crippen LogP contribution in [0.5, 0.6) is 11.5 Å². The number of methoxy groups -OCH3 is 2. The zero-order valence-electron chi connectivity index (χ0n) is 14.2.